The Balaban J connectivity index is 1.65. The number of nitrogens with one attached hydrogen (secondary N) is 2. The summed E-state index contributed by atoms with van der Waals surface area (Å²) in [6.45, 7) is 6.56. The van der Waals surface area contributed by atoms with Crippen LogP contribution in [-0.4, -0.2) is 34.3 Å². The molecule has 1 aliphatic rings. The van der Waals surface area contributed by atoms with E-state index in [9.17, 15) is 22.8 Å². The molecular weight excluding hydrogens is 437 g/mol. The van der Waals surface area contributed by atoms with Gasteiger partial charge >= 0.3 is 5.92 Å². The van der Waals surface area contributed by atoms with E-state index in [4.69, 9.17) is 4.74 Å². The predicted octanol–water partition coefficient (Wildman–Crippen LogP) is 4.35. The first-order chi connectivity index (χ1) is 15.5. The average Bonchev–Trinajstić information content (AvgIpc) is 3.57. The fraction of sp³-hybridized carbons (Fsp3) is 0.391. The van der Waals surface area contributed by atoms with Gasteiger partial charge in [0.15, 0.2) is 12.4 Å². The Morgan fingerprint density at radius 2 is 2.00 bits per heavy atom. The molecule has 2 amide bonds. The van der Waals surface area contributed by atoms with E-state index in [-0.39, 0.29) is 23.2 Å². The minimum atomic E-state index is -3.31. The third kappa shape index (κ3) is 6.30. The molecule has 2 aromatic rings. The van der Waals surface area contributed by atoms with E-state index in [1.54, 1.807) is 19.9 Å². The number of carbonyl (C=O) groups excluding carboxylic acids is 2. The lowest BCUT2D eigenvalue weighted by atomic mass is 10.1. The first-order valence-corrected chi connectivity index (χ1v) is 10.4. The largest absolute Gasteiger partial charge is 0.469 e. The van der Waals surface area contributed by atoms with Gasteiger partial charge in [-0.2, -0.15) is 8.78 Å². The zero-order chi connectivity index (χ0) is 24.3. The van der Waals surface area contributed by atoms with Gasteiger partial charge in [0, 0.05) is 23.4 Å². The van der Waals surface area contributed by atoms with Crippen molar-refractivity contribution >= 4 is 17.6 Å². The van der Waals surface area contributed by atoms with Crippen LogP contribution in [0.2, 0.25) is 0 Å². The molecule has 7 nitrogen and oxygen atoms in total. The summed E-state index contributed by atoms with van der Waals surface area (Å²) in [7, 11) is 0. The van der Waals surface area contributed by atoms with Crippen molar-refractivity contribution in [1.29, 1.82) is 0 Å². The lowest BCUT2D eigenvalue weighted by Crippen LogP contribution is -2.28. The molecule has 1 saturated carbocycles. The number of alkyl halides is 2. The van der Waals surface area contributed by atoms with Crippen LogP contribution in [0.25, 0.3) is 0 Å². The second-order valence-electron chi connectivity index (χ2n) is 8.17. The van der Waals surface area contributed by atoms with E-state index in [0.29, 0.717) is 11.3 Å². The molecular formula is C23H25F3N4O3. The van der Waals surface area contributed by atoms with Crippen LogP contribution in [0.3, 0.4) is 0 Å². The summed E-state index contributed by atoms with van der Waals surface area (Å²) in [5.74, 6) is -5.13. The van der Waals surface area contributed by atoms with Gasteiger partial charge in [0.05, 0.1) is 6.04 Å². The quantitative estimate of drug-likeness (QED) is 0.541. The molecule has 0 spiro atoms. The van der Waals surface area contributed by atoms with Gasteiger partial charge in [0.2, 0.25) is 5.91 Å². The van der Waals surface area contributed by atoms with Crippen LogP contribution in [-0.2, 0) is 4.79 Å². The number of halogens is 3. The average molecular weight is 462 g/mol. The van der Waals surface area contributed by atoms with Crippen molar-refractivity contribution in [2.45, 2.75) is 45.6 Å². The van der Waals surface area contributed by atoms with Gasteiger partial charge in [-0.25, -0.2) is 14.4 Å². The molecule has 2 aromatic heterocycles. The van der Waals surface area contributed by atoms with E-state index in [1.807, 2.05) is 0 Å². The van der Waals surface area contributed by atoms with Crippen LogP contribution in [0.5, 0.6) is 5.88 Å². The van der Waals surface area contributed by atoms with Crippen LogP contribution in [0, 0.1) is 18.7 Å². The maximum Gasteiger partial charge on any atom is 0.302 e. The normalized spacial score (nSPS) is 14.4. The minimum absolute atomic E-state index is 0.00835. The number of ether oxygens (including phenoxy) is 1. The van der Waals surface area contributed by atoms with E-state index < -0.39 is 41.7 Å². The second-order valence-corrected chi connectivity index (χ2v) is 8.17. The fourth-order valence-electron chi connectivity index (χ4n) is 2.87. The van der Waals surface area contributed by atoms with Gasteiger partial charge in [-0.3, -0.25) is 9.59 Å². The first kappa shape index (κ1) is 24.2. The molecule has 0 saturated heterocycles. The molecule has 2 heterocycles. The summed E-state index contributed by atoms with van der Waals surface area (Å²) in [4.78, 5) is 32.7. The monoisotopic (exact) mass is 462 g/mol. The van der Waals surface area contributed by atoms with Crippen molar-refractivity contribution in [3.63, 3.8) is 0 Å². The van der Waals surface area contributed by atoms with Crippen molar-refractivity contribution in [3.05, 3.63) is 59.2 Å². The summed E-state index contributed by atoms with van der Waals surface area (Å²) in [5.41, 5.74) is 0.725. The number of aryl methyl sites for hydroxylation is 1. The van der Waals surface area contributed by atoms with E-state index in [1.165, 1.54) is 12.3 Å². The molecule has 176 valence electrons. The van der Waals surface area contributed by atoms with Crippen molar-refractivity contribution in [3.8, 4) is 5.88 Å². The smallest absolute Gasteiger partial charge is 0.302 e. The minimum Gasteiger partial charge on any atom is -0.469 e. The van der Waals surface area contributed by atoms with E-state index in [0.717, 1.165) is 25.8 Å². The molecule has 0 aromatic carbocycles. The van der Waals surface area contributed by atoms with Crippen LogP contribution in [0.4, 0.5) is 19.0 Å². The van der Waals surface area contributed by atoms with Gasteiger partial charge in [-0.05, 0) is 62.9 Å². The van der Waals surface area contributed by atoms with Gasteiger partial charge < -0.3 is 15.4 Å². The number of carbonyl (C=O) groups is 2. The van der Waals surface area contributed by atoms with E-state index in [2.05, 4.69) is 27.2 Å². The second kappa shape index (κ2) is 9.60. The Labute approximate surface area is 189 Å². The molecule has 1 atom stereocenters. The number of anilines is 1. The maximum absolute atomic E-state index is 14.3. The lowest BCUT2D eigenvalue weighted by molar-refractivity contribution is -0.117. The molecule has 0 bridgehead atoms. The van der Waals surface area contributed by atoms with Gasteiger partial charge in [-0.15, -0.1) is 0 Å². The van der Waals surface area contributed by atoms with Gasteiger partial charge in [0.1, 0.15) is 5.82 Å². The number of aromatic nitrogens is 2. The summed E-state index contributed by atoms with van der Waals surface area (Å²) < 4.78 is 46.3. The highest BCUT2D eigenvalue weighted by Gasteiger charge is 2.32. The highest BCUT2D eigenvalue weighted by atomic mass is 19.3. The molecule has 0 radical (unpaired) electrons. The van der Waals surface area contributed by atoms with Crippen LogP contribution < -0.4 is 15.4 Å². The Morgan fingerprint density at radius 3 is 2.61 bits per heavy atom. The number of rotatable bonds is 9. The number of amides is 2. The van der Waals surface area contributed by atoms with Crippen LogP contribution in [0.15, 0.2) is 36.5 Å². The standard InChI is InChI=1S/C23H25F3N4O3/c1-12(2)23(25,26)11-33-22-18(24)8-17(10-27-22)14(4)29-21(32)16-7-13(3)28-19(9-16)30-20(31)15-5-6-15/h7-10,14-15H,1,5-6,11H2,2-4H3,(H,29,32)(H,28,30,31). The van der Waals surface area contributed by atoms with Crippen LogP contribution >= 0.6 is 0 Å². The van der Waals surface area contributed by atoms with E-state index >= 15 is 0 Å². The molecule has 33 heavy (non-hydrogen) atoms. The van der Waals surface area contributed by atoms with Crippen LogP contribution in [0.1, 0.15) is 54.3 Å². The molecule has 1 fully saturated rings. The number of hydrogen-bond donors (Lipinski definition) is 2. The van der Waals surface area contributed by atoms with Crippen molar-refractivity contribution in [1.82, 2.24) is 15.3 Å². The Kier molecular flexibility index (Phi) is 7.04. The zero-order valence-corrected chi connectivity index (χ0v) is 18.5. The molecule has 1 unspecified atom stereocenters. The van der Waals surface area contributed by atoms with Crippen molar-refractivity contribution in [2.75, 3.05) is 11.9 Å². The molecule has 3 rings (SSSR count). The SMILES string of the molecule is C=C(C)C(F)(F)COc1ncc(C(C)NC(=O)c2cc(C)nc(NC(=O)C3CC3)c2)cc1F. The molecule has 0 aliphatic heterocycles. The lowest BCUT2D eigenvalue weighted by Gasteiger charge is -2.18. The zero-order valence-electron chi connectivity index (χ0n) is 18.5. The third-order valence-electron chi connectivity index (χ3n) is 5.11. The van der Waals surface area contributed by atoms with Crippen molar-refractivity contribution in [2.24, 2.45) is 5.92 Å². The third-order valence-corrected chi connectivity index (χ3v) is 5.11. The predicted molar refractivity (Wildman–Crippen MR) is 116 cm³/mol. The van der Waals surface area contributed by atoms with Gasteiger partial charge in [-0.1, -0.05) is 6.58 Å². The summed E-state index contributed by atoms with van der Waals surface area (Å²) >= 11 is 0. The molecule has 2 N–H and O–H groups in total. The summed E-state index contributed by atoms with van der Waals surface area (Å²) in [6, 6.07) is 3.44. The fourth-order valence-corrected chi connectivity index (χ4v) is 2.87. The molecule has 1 aliphatic carbocycles. The number of pyridine rings is 2. The Bertz CT molecular complexity index is 1090. The van der Waals surface area contributed by atoms with Gasteiger partial charge in [0.25, 0.3) is 11.8 Å². The number of hydrogen-bond acceptors (Lipinski definition) is 5. The topological polar surface area (TPSA) is 93.2 Å². The van der Waals surface area contributed by atoms with Crippen molar-refractivity contribution < 1.29 is 27.5 Å². The molecule has 10 heteroatoms. The Morgan fingerprint density at radius 1 is 1.30 bits per heavy atom. The highest BCUT2D eigenvalue weighted by molar-refractivity contribution is 5.97. The highest BCUT2D eigenvalue weighted by Crippen LogP contribution is 2.30. The first-order valence-electron chi connectivity index (χ1n) is 10.4. The Hall–Kier alpha value is -3.43. The number of nitrogens with zero attached hydrogens (tertiary/aromatic N) is 2. The summed E-state index contributed by atoms with van der Waals surface area (Å²) in [6.07, 6.45) is 2.92. The summed E-state index contributed by atoms with van der Waals surface area (Å²) in [5, 5.41) is 5.42. The maximum atomic E-state index is 14.3.